The number of carbonyl (C=O) groups excluding carboxylic acids is 1. The van der Waals surface area contributed by atoms with Crippen molar-refractivity contribution in [3.63, 3.8) is 0 Å². The van der Waals surface area contributed by atoms with Gasteiger partial charge in [-0.1, -0.05) is 6.07 Å². The molecule has 1 aliphatic heterocycles. The van der Waals surface area contributed by atoms with Crippen LogP contribution in [0, 0.1) is 19.8 Å². The number of aryl methyl sites for hydroxylation is 2. The summed E-state index contributed by atoms with van der Waals surface area (Å²) in [6, 6.07) is 5.94. The largest absolute Gasteiger partial charge is 0.493 e. The summed E-state index contributed by atoms with van der Waals surface area (Å²) in [5, 5.41) is 8.93. The predicted octanol–water partition coefficient (Wildman–Crippen LogP) is 2.01. The summed E-state index contributed by atoms with van der Waals surface area (Å²) >= 11 is 0. The average Bonchev–Trinajstić information content (AvgIpc) is 2.87. The van der Waals surface area contributed by atoms with Gasteiger partial charge < -0.3 is 14.7 Å². The zero-order valence-corrected chi connectivity index (χ0v) is 12.5. The van der Waals surface area contributed by atoms with E-state index in [9.17, 15) is 9.59 Å². The molecule has 1 unspecified atom stereocenters. The molecule has 114 valence electrons. The van der Waals surface area contributed by atoms with Gasteiger partial charge in [0, 0.05) is 13.1 Å². The van der Waals surface area contributed by atoms with E-state index in [4.69, 9.17) is 9.84 Å². The van der Waals surface area contributed by atoms with Crippen LogP contribution in [0.1, 0.15) is 24.0 Å². The van der Waals surface area contributed by atoms with Gasteiger partial charge in [-0.15, -0.1) is 0 Å². The number of ether oxygens (including phenoxy) is 1. The molecule has 0 aromatic heterocycles. The topological polar surface area (TPSA) is 66.8 Å². The lowest BCUT2D eigenvalue weighted by atomic mass is 10.1. The molecular formula is C16H21NO4. The predicted molar refractivity (Wildman–Crippen MR) is 78.4 cm³/mol. The van der Waals surface area contributed by atoms with E-state index >= 15 is 0 Å². The molecule has 21 heavy (non-hydrogen) atoms. The molecule has 0 saturated carbocycles. The lowest BCUT2D eigenvalue weighted by Crippen LogP contribution is -2.30. The van der Waals surface area contributed by atoms with Gasteiger partial charge in [-0.3, -0.25) is 9.59 Å². The van der Waals surface area contributed by atoms with E-state index in [2.05, 4.69) is 6.07 Å². The molecule has 1 fully saturated rings. The zero-order chi connectivity index (χ0) is 15.4. The second kappa shape index (κ2) is 6.61. The van der Waals surface area contributed by atoms with Crippen molar-refractivity contribution in [1.82, 2.24) is 4.90 Å². The van der Waals surface area contributed by atoms with Crippen LogP contribution >= 0.6 is 0 Å². The first-order valence-electron chi connectivity index (χ1n) is 7.17. The maximum Gasteiger partial charge on any atom is 0.308 e. The van der Waals surface area contributed by atoms with Crippen LogP contribution in [0.3, 0.4) is 0 Å². The van der Waals surface area contributed by atoms with Crippen LogP contribution in [0.5, 0.6) is 5.75 Å². The van der Waals surface area contributed by atoms with Crippen molar-refractivity contribution in [2.75, 3.05) is 19.7 Å². The third kappa shape index (κ3) is 4.21. The molecule has 1 heterocycles. The number of likely N-dealkylation sites (tertiary alicyclic amines) is 1. The van der Waals surface area contributed by atoms with Gasteiger partial charge in [-0.2, -0.15) is 0 Å². The van der Waals surface area contributed by atoms with Crippen LogP contribution in [-0.2, 0) is 9.59 Å². The Hall–Kier alpha value is -2.04. The third-order valence-corrected chi connectivity index (χ3v) is 3.67. The molecular weight excluding hydrogens is 270 g/mol. The highest BCUT2D eigenvalue weighted by Gasteiger charge is 2.30. The van der Waals surface area contributed by atoms with E-state index in [0.717, 1.165) is 16.9 Å². The standard InChI is InChI=1S/C16H21NO4/c1-11-7-12(2)9-14(8-11)21-6-4-15(18)17-5-3-13(10-17)16(19)20/h7-9,13H,3-6,10H2,1-2H3,(H,19,20). The molecule has 0 bridgehead atoms. The van der Waals surface area contributed by atoms with Crippen molar-refractivity contribution >= 4 is 11.9 Å². The van der Waals surface area contributed by atoms with E-state index in [1.165, 1.54) is 0 Å². The highest BCUT2D eigenvalue weighted by atomic mass is 16.5. The molecule has 5 nitrogen and oxygen atoms in total. The monoisotopic (exact) mass is 291 g/mol. The number of aliphatic carboxylic acids is 1. The van der Waals surface area contributed by atoms with E-state index in [1.54, 1.807) is 4.90 Å². The van der Waals surface area contributed by atoms with Gasteiger partial charge >= 0.3 is 5.97 Å². The zero-order valence-electron chi connectivity index (χ0n) is 12.5. The second-order valence-electron chi connectivity index (χ2n) is 5.59. The quantitative estimate of drug-likeness (QED) is 0.901. The molecule has 1 aromatic rings. The fourth-order valence-corrected chi connectivity index (χ4v) is 2.62. The van der Waals surface area contributed by atoms with Crippen molar-refractivity contribution < 1.29 is 19.4 Å². The number of carboxylic acid groups (broad SMARTS) is 1. The first-order chi connectivity index (χ1) is 9.95. The van der Waals surface area contributed by atoms with Crippen molar-refractivity contribution in [3.8, 4) is 5.75 Å². The summed E-state index contributed by atoms with van der Waals surface area (Å²) in [6.07, 6.45) is 0.818. The van der Waals surface area contributed by atoms with Gasteiger partial charge in [0.1, 0.15) is 5.75 Å². The van der Waals surface area contributed by atoms with Gasteiger partial charge in [-0.25, -0.2) is 0 Å². The minimum Gasteiger partial charge on any atom is -0.493 e. The maximum atomic E-state index is 12.0. The maximum absolute atomic E-state index is 12.0. The molecule has 0 radical (unpaired) electrons. The molecule has 0 aliphatic carbocycles. The van der Waals surface area contributed by atoms with Gasteiger partial charge in [0.25, 0.3) is 0 Å². The number of hydrogen-bond acceptors (Lipinski definition) is 3. The minimum absolute atomic E-state index is 0.0388. The molecule has 1 saturated heterocycles. The molecule has 5 heteroatoms. The molecule has 1 atom stereocenters. The number of amides is 1. The summed E-state index contributed by atoms with van der Waals surface area (Å²) in [5.74, 6) is -0.515. The number of nitrogens with zero attached hydrogens (tertiary/aromatic N) is 1. The Bertz CT molecular complexity index is 521. The van der Waals surface area contributed by atoms with Crippen LogP contribution in [0.2, 0.25) is 0 Å². The molecule has 1 N–H and O–H groups in total. The molecule has 1 aromatic carbocycles. The molecule has 0 spiro atoms. The number of carbonyl (C=O) groups is 2. The Labute approximate surface area is 124 Å². The summed E-state index contributed by atoms with van der Waals surface area (Å²) in [7, 11) is 0. The lowest BCUT2D eigenvalue weighted by Gasteiger charge is -2.16. The fourth-order valence-electron chi connectivity index (χ4n) is 2.62. The summed E-state index contributed by atoms with van der Waals surface area (Å²) in [6.45, 7) is 5.16. The molecule has 2 rings (SSSR count). The highest BCUT2D eigenvalue weighted by molar-refractivity contribution is 5.78. The first kappa shape index (κ1) is 15.4. The van der Waals surface area contributed by atoms with Crippen LogP contribution < -0.4 is 4.74 Å². The van der Waals surface area contributed by atoms with Gasteiger partial charge in [0.15, 0.2) is 0 Å². The summed E-state index contributed by atoms with van der Waals surface area (Å²) < 4.78 is 5.61. The molecule has 1 aliphatic rings. The Morgan fingerprint density at radius 2 is 1.95 bits per heavy atom. The smallest absolute Gasteiger partial charge is 0.308 e. The van der Waals surface area contributed by atoms with Gasteiger partial charge in [0.05, 0.1) is 18.9 Å². The average molecular weight is 291 g/mol. The third-order valence-electron chi connectivity index (χ3n) is 3.67. The summed E-state index contributed by atoms with van der Waals surface area (Å²) in [4.78, 5) is 24.5. The number of benzene rings is 1. The van der Waals surface area contributed by atoms with E-state index in [1.807, 2.05) is 26.0 Å². The first-order valence-corrected chi connectivity index (χ1v) is 7.17. The summed E-state index contributed by atoms with van der Waals surface area (Å²) in [5.41, 5.74) is 2.25. The fraction of sp³-hybridized carbons (Fsp3) is 0.500. The Balaban J connectivity index is 1.78. The normalized spacial score (nSPS) is 17.8. The van der Waals surface area contributed by atoms with E-state index in [0.29, 0.717) is 26.1 Å². The molecule has 1 amide bonds. The number of carboxylic acids is 1. The van der Waals surface area contributed by atoms with Gasteiger partial charge in [0.2, 0.25) is 5.91 Å². The van der Waals surface area contributed by atoms with E-state index in [-0.39, 0.29) is 12.3 Å². The highest BCUT2D eigenvalue weighted by Crippen LogP contribution is 2.18. The van der Waals surface area contributed by atoms with Gasteiger partial charge in [-0.05, 0) is 43.5 Å². The SMILES string of the molecule is Cc1cc(C)cc(OCCC(=O)N2CCC(C(=O)O)C2)c1. The van der Waals surface area contributed by atoms with Crippen LogP contribution in [0.25, 0.3) is 0 Å². The lowest BCUT2D eigenvalue weighted by molar-refractivity contribution is -0.141. The van der Waals surface area contributed by atoms with E-state index < -0.39 is 11.9 Å². The van der Waals surface area contributed by atoms with Crippen LogP contribution in [0.4, 0.5) is 0 Å². The minimum atomic E-state index is -0.822. The number of rotatable bonds is 5. The Kier molecular flexibility index (Phi) is 4.83. The van der Waals surface area contributed by atoms with Crippen molar-refractivity contribution in [2.24, 2.45) is 5.92 Å². The Morgan fingerprint density at radius 3 is 2.52 bits per heavy atom. The second-order valence-corrected chi connectivity index (χ2v) is 5.59. The van der Waals surface area contributed by atoms with Crippen LogP contribution in [-0.4, -0.2) is 41.6 Å². The number of hydrogen-bond donors (Lipinski definition) is 1. The van der Waals surface area contributed by atoms with Crippen LogP contribution in [0.15, 0.2) is 18.2 Å². The van der Waals surface area contributed by atoms with Crippen molar-refractivity contribution in [1.29, 1.82) is 0 Å². The Morgan fingerprint density at radius 1 is 1.29 bits per heavy atom. The van der Waals surface area contributed by atoms with Crippen molar-refractivity contribution in [2.45, 2.75) is 26.7 Å². The van der Waals surface area contributed by atoms with Crippen molar-refractivity contribution in [3.05, 3.63) is 29.3 Å².